The van der Waals surface area contributed by atoms with Crippen molar-refractivity contribution in [1.82, 2.24) is 0 Å². The first-order valence-electron chi connectivity index (χ1n) is 5.06. The molecule has 0 fully saturated rings. The van der Waals surface area contributed by atoms with E-state index in [0.717, 1.165) is 22.9 Å². The van der Waals surface area contributed by atoms with Gasteiger partial charge in [0.15, 0.2) is 0 Å². The van der Waals surface area contributed by atoms with E-state index in [4.69, 9.17) is 5.73 Å². The van der Waals surface area contributed by atoms with Crippen LogP contribution in [0, 0.1) is 0 Å². The molecule has 0 aliphatic carbocycles. The molecule has 2 nitrogen and oxygen atoms in total. The third-order valence-corrected chi connectivity index (χ3v) is 3.30. The highest BCUT2D eigenvalue weighted by Gasteiger charge is 2.31. The van der Waals surface area contributed by atoms with E-state index in [0.29, 0.717) is 0 Å². The van der Waals surface area contributed by atoms with Gasteiger partial charge in [0.1, 0.15) is 0 Å². The van der Waals surface area contributed by atoms with Crippen molar-refractivity contribution in [2.45, 2.75) is 32.1 Å². The average molecular weight is 270 g/mol. The molecule has 0 saturated heterocycles. The molecule has 1 amide bonds. The molecule has 0 saturated carbocycles. The second-order valence-electron chi connectivity index (χ2n) is 3.95. The Balaban J connectivity index is 3.09. The zero-order valence-corrected chi connectivity index (χ0v) is 10.7. The van der Waals surface area contributed by atoms with Crippen LogP contribution in [0.1, 0.15) is 32.3 Å². The molecule has 0 radical (unpaired) electrons. The van der Waals surface area contributed by atoms with Crippen LogP contribution in [-0.2, 0) is 10.2 Å². The fourth-order valence-electron chi connectivity index (χ4n) is 1.73. The molecular formula is C12H16BrNO. The Morgan fingerprint density at radius 3 is 2.33 bits per heavy atom. The van der Waals surface area contributed by atoms with Crippen LogP contribution in [-0.4, -0.2) is 5.91 Å². The molecular weight excluding hydrogens is 254 g/mol. The summed E-state index contributed by atoms with van der Waals surface area (Å²) in [5.41, 5.74) is 5.92. The van der Waals surface area contributed by atoms with Gasteiger partial charge in [-0.15, -0.1) is 0 Å². The molecule has 0 spiro atoms. The number of hydrogen-bond donors (Lipinski definition) is 1. The molecule has 0 aliphatic heterocycles. The van der Waals surface area contributed by atoms with Gasteiger partial charge in [-0.3, -0.25) is 4.79 Å². The van der Waals surface area contributed by atoms with Crippen LogP contribution in [0.3, 0.4) is 0 Å². The summed E-state index contributed by atoms with van der Waals surface area (Å²) < 4.78 is 1.01. The maximum Gasteiger partial charge on any atom is 0.227 e. The molecule has 15 heavy (non-hydrogen) atoms. The lowest BCUT2D eigenvalue weighted by Crippen LogP contribution is -2.38. The van der Waals surface area contributed by atoms with Crippen molar-refractivity contribution in [3.05, 3.63) is 34.3 Å². The highest BCUT2D eigenvalue weighted by Crippen LogP contribution is 2.29. The van der Waals surface area contributed by atoms with Gasteiger partial charge < -0.3 is 5.73 Å². The SMILES string of the molecule is CCCC(C)(C(N)=O)c1ccc(Br)cc1. The maximum absolute atomic E-state index is 11.5. The Bertz CT molecular complexity index is 347. The van der Waals surface area contributed by atoms with E-state index >= 15 is 0 Å². The largest absolute Gasteiger partial charge is 0.369 e. The van der Waals surface area contributed by atoms with Crippen LogP contribution in [0.4, 0.5) is 0 Å². The molecule has 1 atom stereocenters. The molecule has 0 aliphatic rings. The Hall–Kier alpha value is -0.830. The second-order valence-corrected chi connectivity index (χ2v) is 4.87. The lowest BCUT2D eigenvalue weighted by molar-refractivity contribution is -0.123. The minimum atomic E-state index is -0.546. The van der Waals surface area contributed by atoms with Crippen LogP contribution in [0.25, 0.3) is 0 Å². The van der Waals surface area contributed by atoms with Crippen molar-refractivity contribution in [2.75, 3.05) is 0 Å². The van der Waals surface area contributed by atoms with Crippen molar-refractivity contribution >= 4 is 21.8 Å². The van der Waals surface area contributed by atoms with E-state index in [1.807, 2.05) is 31.2 Å². The number of benzene rings is 1. The average Bonchev–Trinajstić information content (AvgIpc) is 2.18. The van der Waals surface area contributed by atoms with Crippen molar-refractivity contribution in [3.63, 3.8) is 0 Å². The fourth-order valence-corrected chi connectivity index (χ4v) is 1.99. The number of nitrogens with two attached hydrogens (primary N) is 1. The lowest BCUT2D eigenvalue weighted by atomic mass is 9.78. The normalized spacial score (nSPS) is 14.6. The number of halogens is 1. The van der Waals surface area contributed by atoms with Crippen LogP contribution in [0.5, 0.6) is 0 Å². The quantitative estimate of drug-likeness (QED) is 0.898. The van der Waals surface area contributed by atoms with Gasteiger partial charge in [0.05, 0.1) is 5.41 Å². The van der Waals surface area contributed by atoms with Crippen LogP contribution >= 0.6 is 15.9 Å². The Labute approximate surface area is 99.0 Å². The fraction of sp³-hybridized carbons (Fsp3) is 0.417. The number of carbonyl (C=O) groups is 1. The molecule has 1 aromatic rings. The number of rotatable bonds is 4. The minimum Gasteiger partial charge on any atom is -0.369 e. The van der Waals surface area contributed by atoms with Crippen LogP contribution in [0.15, 0.2) is 28.7 Å². The zero-order valence-electron chi connectivity index (χ0n) is 9.09. The topological polar surface area (TPSA) is 43.1 Å². The summed E-state index contributed by atoms with van der Waals surface area (Å²) in [6, 6.07) is 7.77. The van der Waals surface area contributed by atoms with E-state index < -0.39 is 5.41 Å². The van der Waals surface area contributed by atoms with Crippen molar-refractivity contribution in [1.29, 1.82) is 0 Å². The van der Waals surface area contributed by atoms with Gasteiger partial charge in [-0.25, -0.2) is 0 Å². The van der Waals surface area contributed by atoms with Gasteiger partial charge >= 0.3 is 0 Å². The molecule has 1 aromatic carbocycles. The van der Waals surface area contributed by atoms with Crippen LogP contribution in [0.2, 0.25) is 0 Å². The number of primary amides is 1. The molecule has 1 rings (SSSR count). The summed E-state index contributed by atoms with van der Waals surface area (Å²) in [5.74, 6) is -0.258. The summed E-state index contributed by atoms with van der Waals surface area (Å²) in [7, 11) is 0. The molecule has 0 bridgehead atoms. The van der Waals surface area contributed by atoms with Crippen molar-refractivity contribution < 1.29 is 4.79 Å². The van der Waals surface area contributed by atoms with Gasteiger partial charge in [-0.2, -0.15) is 0 Å². The van der Waals surface area contributed by atoms with Gasteiger partial charge in [-0.05, 0) is 31.0 Å². The Morgan fingerprint density at radius 1 is 1.40 bits per heavy atom. The summed E-state index contributed by atoms with van der Waals surface area (Å²) >= 11 is 3.37. The number of amides is 1. The summed E-state index contributed by atoms with van der Waals surface area (Å²) in [6.45, 7) is 3.96. The first-order chi connectivity index (χ1) is 7.00. The lowest BCUT2D eigenvalue weighted by Gasteiger charge is -2.26. The summed E-state index contributed by atoms with van der Waals surface area (Å²) in [6.07, 6.45) is 1.72. The summed E-state index contributed by atoms with van der Waals surface area (Å²) in [4.78, 5) is 11.5. The molecule has 3 heteroatoms. The van der Waals surface area contributed by atoms with E-state index in [-0.39, 0.29) is 5.91 Å². The second kappa shape index (κ2) is 4.79. The van der Waals surface area contributed by atoms with Crippen LogP contribution < -0.4 is 5.73 Å². The minimum absolute atomic E-state index is 0.258. The first-order valence-corrected chi connectivity index (χ1v) is 5.86. The van der Waals surface area contributed by atoms with Gasteiger partial charge in [0, 0.05) is 4.47 Å². The monoisotopic (exact) mass is 269 g/mol. The smallest absolute Gasteiger partial charge is 0.227 e. The molecule has 1 unspecified atom stereocenters. The van der Waals surface area contributed by atoms with Crippen molar-refractivity contribution in [3.8, 4) is 0 Å². The van der Waals surface area contributed by atoms with Gasteiger partial charge in [-0.1, -0.05) is 41.4 Å². The molecule has 82 valence electrons. The third-order valence-electron chi connectivity index (χ3n) is 2.78. The van der Waals surface area contributed by atoms with Crippen molar-refractivity contribution in [2.24, 2.45) is 5.73 Å². The number of hydrogen-bond acceptors (Lipinski definition) is 1. The Morgan fingerprint density at radius 2 is 1.93 bits per heavy atom. The van der Waals surface area contributed by atoms with E-state index in [1.54, 1.807) is 0 Å². The maximum atomic E-state index is 11.5. The standard InChI is InChI=1S/C12H16BrNO/c1-3-8-12(2,11(14)15)9-4-6-10(13)7-5-9/h4-7H,3,8H2,1-2H3,(H2,14,15). The predicted molar refractivity (Wildman–Crippen MR) is 65.6 cm³/mol. The highest BCUT2D eigenvalue weighted by atomic mass is 79.9. The highest BCUT2D eigenvalue weighted by molar-refractivity contribution is 9.10. The number of carbonyl (C=O) groups excluding carboxylic acids is 1. The van der Waals surface area contributed by atoms with E-state index in [9.17, 15) is 4.79 Å². The molecule has 2 N–H and O–H groups in total. The van der Waals surface area contributed by atoms with E-state index in [1.165, 1.54) is 0 Å². The van der Waals surface area contributed by atoms with Gasteiger partial charge in [0.2, 0.25) is 5.91 Å². The zero-order chi connectivity index (χ0) is 11.5. The predicted octanol–water partition coefficient (Wildman–Crippen LogP) is 2.99. The molecule has 0 heterocycles. The first kappa shape index (κ1) is 12.2. The molecule has 0 aromatic heterocycles. The van der Waals surface area contributed by atoms with E-state index in [2.05, 4.69) is 22.9 Å². The van der Waals surface area contributed by atoms with Gasteiger partial charge in [0.25, 0.3) is 0 Å². The third kappa shape index (κ3) is 2.59. The Kier molecular flexibility index (Phi) is 3.91. The summed E-state index contributed by atoms with van der Waals surface area (Å²) in [5, 5.41) is 0.